The monoisotopic (exact) mass is 189 g/mol. The number of rotatable bonds is 1. The zero-order chi connectivity index (χ0) is 8.84. The average Bonchev–Trinajstić information content (AvgIpc) is 2.70. The van der Waals surface area contributed by atoms with Gasteiger partial charge in [0.2, 0.25) is 0 Å². The van der Waals surface area contributed by atoms with Crippen LogP contribution in [-0.2, 0) is 0 Å². The van der Waals surface area contributed by atoms with E-state index in [-0.39, 0.29) is 0 Å². The summed E-state index contributed by atoms with van der Waals surface area (Å²) < 4.78 is 1.37. The summed E-state index contributed by atoms with van der Waals surface area (Å²) in [5, 5.41) is 3.50. The second kappa shape index (κ2) is 2.56. The van der Waals surface area contributed by atoms with Gasteiger partial charge in [-0.3, -0.25) is 0 Å². The highest BCUT2D eigenvalue weighted by Gasteiger charge is 2.34. The molecule has 0 aliphatic heterocycles. The van der Waals surface area contributed by atoms with Crippen molar-refractivity contribution in [2.75, 3.05) is 0 Å². The van der Waals surface area contributed by atoms with Crippen LogP contribution in [0.15, 0.2) is 29.6 Å². The van der Waals surface area contributed by atoms with E-state index in [1.54, 1.807) is 11.3 Å². The Morgan fingerprint density at radius 3 is 2.92 bits per heavy atom. The van der Waals surface area contributed by atoms with E-state index in [2.05, 4.69) is 29.6 Å². The largest absolute Gasteiger partial charge is 0.327 e. The maximum absolute atomic E-state index is 5.82. The van der Waals surface area contributed by atoms with Gasteiger partial charge in [-0.1, -0.05) is 6.07 Å². The molecule has 1 aliphatic rings. The minimum Gasteiger partial charge on any atom is -0.327 e. The topological polar surface area (TPSA) is 26.0 Å². The van der Waals surface area contributed by atoms with Crippen LogP contribution in [0.3, 0.4) is 0 Å². The predicted octanol–water partition coefficient (Wildman–Crippen LogP) is 2.72. The zero-order valence-corrected chi connectivity index (χ0v) is 8.05. The van der Waals surface area contributed by atoms with E-state index in [1.807, 2.05) is 0 Å². The summed E-state index contributed by atoms with van der Waals surface area (Å²) in [5.74, 6) is 0.629. The van der Waals surface area contributed by atoms with Crippen LogP contribution in [0.25, 0.3) is 10.1 Å². The number of hydrogen-bond donors (Lipinski definition) is 1. The van der Waals surface area contributed by atoms with Gasteiger partial charge < -0.3 is 5.73 Å². The Balaban J connectivity index is 2.10. The lowest BCUT2D eigenvalue weighted by Crippen LogP contribution is -2.00. The van der Waals surface area contributed by atoms with Crippen LogP contribution in [0.5, 0.6) is 0 Å². The van der Waals surface area contributed by atoms with E-state index in [0.717, 1.165) is 6.42 Å². The van der Waals surface area contributed by atoms with Crippen molar-refractivity contribution in [2.24, 2.45) is 5.73 Å². The maximum Gasteiger partial charge on any atom is 0.0342 e. The normalized spacial score (nSPS) is 26.5. The molecule has 2 unspecified atom stereocenters. The number of nitrogens with two attached hydrogens (primary N) is 1. The lowest BCUT2D eigenvalue weighted by molar-refractivity contribution is 0.992. The molecule has 3 rings (SSSR count). The van der Waals surface area contributed by atoms with Crippen molar-refractivity contribution in [1.82, 2.24) is 0 Å². The molecular formula is C11H11NS. The summed E-state index contributed by atoms with van der Waals surface area (Å²) in [6, 6.07) is 9.30. The Hall–Kier alpha value is -0.860. The lowest BCUT2D eigenvalue weighted by atomic mass is 10.1. The SMILES string of the molecule is NC1CC1c1ccc2sccc2c1. The van der Waals surface area contributed by atoms with Crippen LogP contribution in [0.2, 0.25) is 0 Å². The molecule has 1 aliphatic carbocycles. The minimum atomic E-state index is 0.413. The Bertz CT molecular complexity index is 446. The Kier molecular flexibility index (Phi) is 1.49. The van der Waals surface area contributed by atoms with Gasteiger partial charge in [-0.15, -0.1) is 11.3 Å². The molecule has 0 bridgehead atoms. The van der Waals surface area contributed by atoms with Crippen molar-refractivity contribution in [3.8, 4) is 0 Å². The molecule has 1 aromatic heterocycles. The van der Waals surface area contributed by atoms with Gasteiger partial charge in [0.25, 0.3) is 0 Å². The Morgan fingerprint density at radius 1 is 1.31 bits per heavy atom. The lowest BCUT2D eigenvalue weighted by Gasteiger charge is -1.97. The molecule has 0 spiro atoms. The van der Waals surface area contributed by atoms with Crippen molar-refractivity contribution in [3.63, 3.8) is 0 Å². The summed E-state index contributed by atoms with van der Waals surface area (Å²) in [4.78, 5) is 0. The first-order valence-electron chi connectivity index (χ1n) is 4.57. The smallest absolute Gasteiger partial charge is 0.0342 e. The molecule has 2 N–H and O–H groups in total. The van der Waals surface area contributed by atoms with Crippen molar-refractivity contribution >= 4 is 21.4 Å². The van der Waals surface area contributed by atoms with E-state index < -0.39 is 0 Å². The molecule has 2 heteroatoms. The molecule has 0 radical (unpaired) electrons. The first-order chi connectivity index (χ1) is 6.34. The highest BCUT2D eigenvalue weighted by Crippen LogP contribution is 2.40. The fourth-order valence-corrected chi connectivity index (χ4v) is 2.58. The zero-order valence-electron chi connectivity index (χ0n) is 7.23. The molecule has 13 heavy (non-hydrogen) atoms. The summed E-state index contributed by atoms with van der Waals surface area (Å²) >= 11 is 1.80. The molecule has 1 saturated carbocycles. The van der Waals surface area contributed by atoms with Gasteiger partial charge in [0, 0.05) is 16.7 Å². The molecule has 1 aromatic carbocycles. The van der Waals surface area contributed by atoms with Crippen LogP contribution in [0.4, 0.5) is 0 Å². The summed E-state index contributed by atoms with van der Waals surface area (Å²) in [6.07, 6.45) is 1.16. The first kappa shape index (κ1) is 7.54. The van der Waals surface area contributed by atoms with Crippen molar-refractivity contribution in [2.45, 2.75) is 18.4 Å². The highest BCUT2D eigenvalue weighted by molar-refractivity contribution is 7.17. The van der Waals surface area contributed by atoms with Crippen LogP contribution < -0.4 is 5.73 Å². The molecule has 0 amide bonds. The van der Waals surface area contributed by atoms with Crippen LogP contribution in [0.1, 0.15) is 17.9 Å². The molecule has 2 atom stereocenters. The number of fused-ring (bicyclic) bond motifs is 1. The van der Waals surface area contributed by atoms with Crippen molar-refractivity contribution < 1.29 is 0 Å². The second-order valence-corrected chi connectivity index (χ2v) is 4.67. The number of hydrogen-bond acceptors (Lipinski definition) is 2. The second-order valence-electron chi connectivity index (χ2n) is 3.72. The summed E-state index contributed by atoms with van der Waals surface area (Å²) in [7, 11) is 0. The highest BCUT2D eigenvalue weighted by atomic mass is 32.1. The third-order valence-electron chi connectivity index (χ3n) is 2.74. The number of thiophene rings is 1. The van der Waals surface area contributed by atoms with Gasteiger partial charge in [-0.05, 0) is 40.9 Å². The molecule has 1 fully saturated rings. The van der Waals surface area contributed by atoms with Gasteiger partial charge in [-0.2, -0.15) is 0 Å². The quantitative estimate of drug-likeness (QED) is 0.733. The standard InChI is InChI=1S/C11H11NS/c12-10-6-9(10)7-1-2-11-8(5-7)3-4-13-11/h1-5,9-10H,6,12H2. The third-order valence-corrected chi connectivity index (χ3v) is 3.64. The molecule has 1 heterocycles. The molecule has 0 saturated heterocycles. The Morgan fingerprint density at radius 2 is 2.15 bits per heavy atom. The van der Waals surface area contributed by atoms with Crippen molar-refractivity contribution in [1.29, 1.82) is 0 Å². The maximum atomic E-state index is 5.82. The van der Waals surface area contributed by atoms with Crippen LogP contribution in [0, 0.1) is 0 Å². The molecule has 66 valence electrons. The van der Waals surface area contributed by atoms with Gasteiger partial charge in [0.05, 0.1) is 0 Å². The summed E-state index contributed by atoms with van der Waals surface area (Å²) in [6.45, 7) is 0. The fraction of sp³-hybridized carbons (Fsp3) is 0.273. The molecule has 1 nitrogen and oxygen atoms in total. The van der Waals surface area contributed by atoms with Gasteiger partial charge in [0.15, 0.2) is 0 Å². The first-order valence-corrected chi connectivity index (χ1v) is 5.45. The van der Waals surface area contributed by atoms with Crippen LogP contribution >= 0.6 is 11.3 Å². The molecule has 2 aromatic rings. The average molecular weight is 189 g/mol. The van der Waals surface area contributed by atoms with E-state index in [9.17, 15) is 0 Å². The van der Waals surface area contributed by atoms with Gasteiger partial charge in [0.1, 0.15) is 0 Å². The van der Waals surface area contributed by atoms with Crippen molar-refractivity contribution in [3.05, 3.63) is 35.2 Å². The van der Waals surface area contributed by atoms with E-state index in [0.29, 0.717) is 12.0 Å². The molecular weight excluding hydrogens is 178 g/mol. The summed E-state index contributed by atoms with van der Waals surface area (Å²) in [5.41, 5.74) is 7.24. The van der Waals surface area contributed by atoms with Gasteiger partial charge >= 0.3 is 0 Å². The van der Waals surface area contributed by atoms with E-state index in [1.165, 1.54) is 15.6 Å². The predicted molar refractivity (Wildman–Crippen MR) is 57.2 cm³/mol. The van der Waals surface area contributed by atoms with E-state index >= 15 is 0 Å². The van der Waals surface area contributed by atoms with E-state index in [4.69, 9.17) is 5.73 Å². The van der Waals surface area contributed by atoms with Crippen LogP contribution in [-0.4, -0.2) is 6.04 Å². The minimum absolute atomic E-state index is 0.413. The Labute approximate surface area is 81.2 Å². The van der Waals surface area contributed by atoms with Gasteiger partial charge in [-0.25, -0.2) is 0 Å². The third kappa shape index (κ3) is 1.18. The number of benzene rings is 1. The fourth-order valence-electron chi connectivity index (χ4n) is 1.81.